The van der Waals surface area contributed by atoms with Gasteiger partial charge in [-0.25, -0.2) is 9.13 Å². The molecule has 0 bridgehead atoms. The molecule has 0 aromatic heterocycles. The van der Waals surface area contributed by atoms with Gasteiger partial charge in [-0.05, 0) is 57.8 Å². The molecule has 1 fully saturated rings. The van der Waals surface area contributed by atoms with Crippen LogP contribution in [0.15, 0.2) is 36.5 Å². The Hall–Kier alpha value is -2.07. The summed E-state index contributed by atoms with van der Waals surface area (Å²) in [5.74, 6) is -2.10. The number of rotatable bonds is 41. The maximum Gasteiger partial charge on any atom is 0.472 e. The minimum Gasteiger partial charge on any atom is -0.462 e. The maximum atomic E-state index is 12.8. The van der Waals surface area contributed by atoms with Crippen molar-refractivity contribution in [2.45, 2.75) is 199 Å². The van der Waals surface area contributed by atoms with Crippen LogP contribution >= 0.6 is 15.6 Å². The highest BCUT2D eigenvalue weighted by Crippen LogP contribution is 2.44. The molecule has 1 aliphatic rings. The molecule has 0 spiro atoms. The molecule has 6 N–H and O–H groups in total. The van der Waals surface area contributed by atoms with Crippen LogP contribution in [0.5, 0.6) is 0 Å². The molecule has 0 saturated heterocycles. The second kappa shape index (κ2) is 37.0. The second-order valence-corrected chi connectivity index (χ2v) is 19.5. The first-order valence-corrected chi connectivity index (χ1v) is 26.8. The number of phosphoric acid groups is 2. The van der Waals surface area contributed by atoms with Gasteiger partial charge in [-0.15, -0.1) is 0 Å². The fraction of sp³-hybridized carbons (Fsp3) is 0.804. The van der Waals surface area contributed by atoms with Crippen molar-refractivity contribution in [3.05, 3.63) is 36.5 Å². The Bertz CT molecular complexity index is 1430. The molecule has 0 heterocycles. The summed E-state index contributed by atoms with van der Waals surface area (Å²) in [6, 6.07) is 0. The second-order valence-electron chi connectivity index (χ2n) is 16.8. The van der Waals surface area contributed by atoms with Crippen LogP contribution < -0.4 is 0 Å². The fourth-order valence-electron chi connectivity index (χ4n) is 7.15. The Morgan fingerprint density at radius 1 is 0.672 bits per heavy atom. The first kappa shape index (κ1) is 59.9. The van der Waals surface area contributed by atoms with Crippen molar-refractivity contribution in [2.24, 2.45) is 11.8 Å². The van der Waals surface area contributed by atoms with Crippen molar-refractivity contribution in [3.63, 3.8) is 0 Å². The fourth-order valence-corrected chi connectivity index (χ4v) is 8.30. The largest absolute Gasteiger partial charge is 0.472 e. The first-order valence-electron chi connectivity index (χ1n) is 23.8. The molecule has 372 valence electrons. The number of aliphatic hydroxyl groups is 3. The SMILES string of the molecule is CCCCCCCC/C=C\CCCCCCCCCC(=O)OC[C@H](COP(=O)(O)OC[C@@H](O)COP(=O)(O)O)OC(=O)CCC/C=C\C[C@H]1C(=O)C[C@@H](O)[C@@H]1/C=C/[C@@H](O)CCCCC. The van der Waals surface area contributed by atoms with Crippen LogP contribution in [0.4, 0.5) is 0 Å². The summed E-state index contributed by atoms with van der Waals surface area (Å²) in [7, 11) is -9.79. The number of carbonyl (C=O) groups excluding carboxylic acids is 3. The summed E-state index contributed by atoms with van der Waals surface area (Å²) in [6.45, 7) is 1.35. The van der Waals surface area contributed by atoms with Crippen molar-refractivity contribution in [1.29, 1.82) is 0 Å². The number of allylic oxidation sites excluding steroid dienone is 4. The highest BCUT2D eigenvalue weighted by molar-refractivity contribution is 7.47. The van der Waals surface area contributed by atoms with E-state index >= 15 is 0 Å². The van der Waals surface area contributed by atoms with Crippen LogP contribution in [-0.2, 0) is 46.6 Å². The van der Waals surface area contributed by atoms with Crippen molar-refractivity contribution >= 4 is 33.4 Å². The Balaban J connectivity index is 2.54. The van der Waals surface area contributed by atoms with E-state index in [4.69, 9.17) is 23.8 Å². The summed E-state index contributed by atoms with van der Waals surface area (Å²) in [5, 5.41) is 30.5. The molecule has 16 nitrogen and oxygen atoms in total. The zero-order valence-corrected chi connectivity index (χ0v) is 40.4. The Morgan fingerprint density at radius 3 is 1.84 bits per heavy atom. The van der Waals surface area contributed by atoms with Gasteiger partial charge in [-0.3, -0.25) is 28.0 Å². The van der Waals surface area contributed by atoms with Gasteiger partial charge in [-0.2, -0.15) is 0 Å². The third-order valence-corrected chi connectivity index (χ3v) is 12.3. The number of hydrogen-bond acceptors (Lipinski definition) is 13. The number of unbranched alkanes of at least 4 members (excludes halogenated alkanes) is 16. The zero-order chi connectivity index (χ0) is 47.5. The van der Waals surface area contributed by atoms with E-state index in [1.54, 1.807) is 12.2 Å². The smallest absolute Gasteiger partial charge is 0.462 e. The predicted octanol–water partition coefficient (Wildman–Crippen LogP) is 9.04. The van der Waals surface area contributed by atoms with Gasteiger partial charge in [0.1, 0.15) is 18.5 Å². The lowest BCUT2D eigenvalue weighted by atomic mass is 9.90. The van der Waals surface area contributed by atoms with Gasteiger partial charge in [0.05, 0.1) is 32.0 Å². The summed E-state index contributed by atoms with van der Waals surface area (Å²) < 4.78 is 47.8. The molecule has 64 heavy (non-hydrogen) atoms. The topological polar surface area (TPSA) is 253 Å². The monoisotopic (exact) mass is 953 g/mol. The van der Waals surface area contributed by atoms with E-state index in [0.29, 0.717) is 32.1 Å². The van der Waals surface area contributed by atoms with Crippen LogP contribution in [0.3, 0.4) is 0 Å². The lowest BCUT2D eigenvalue weighted by Crippen LogP contribution is -2.29. The van der Waals surface area contributed by atoms with E-state index in [2.05, 4.69) is 35.0 Å². The quantitative estimate of drug-likeness (QED) is 0.0145. The Kier molecular flexibility index (Phi) is 34.6. The number of phosphoric ester groups is 2. The summed E-state index contributed by atoms with van der Waals surface area (Å²) in [6.07, 6.45) is 29.2. The van der Waals surface area contributed by atoms with Crippen molar-refractivity contribution < 1.29 is 76.6 Å². The van der Waals surface area contributed by atoms with Crippen LogP contribution in [0.2, 0.25) is 0 Å². The molecule has 7 atom stereocenters. The van der Waals surface area contributed by atoms with E-state index in [9.17, 15) is 43.7 Å². The average Bonchev–Trinajstić information content (AvgIpc) is 3.51. The van der Waals surface area contributed by atoms with E-state index < -0.39 is 90.3 Å². The minimum absolute atomic E-state index is 0.0499. The number of aliphatic hydroxyl groups excluding tert-OH is 3. The number of carbonyl (C=O) groups is 3. The Labute approximate surface area is 382 Å². The summed E-state index contributed by atoms with van der Waals surface area (Å²) >= 11 is 0. The van der Waals surface area contributed by atoms with Gasteiger partial charge in [0.25, 0.3) is 0 Å². The van der Waals surface area contributed by atoms with Gasteiger partial charge in [0, 0.05) is 31.1 Å². The number of esters is 2. The molecule has 0 amide bonds. The highest BCUT2D eigenvalue weighted by atomic mass is 31.2. The maximum absolute atomic E-state index is 12.8. The van der Waals surface area contributed by atoms with Crippen molar-refractivity contribution in [2.75, 3.05) is 26.4 Å². The van der Waals surface area contributed by atoms with Crippen LogP contribution in [0, 0.1) is 11.8 Å². The minimum atomic E-state index is -4.90. The number of hydrogen-bond donors (Lipinski definition) is 6. The van der Waals surface area contributed by atoms with Crippen molar-refractivity contribution in [3.8, 4) is 0 Å². The lowest BCUT2D eigenvalue weighted by Gasteiger charge is -2.20. The molecular weight excluding hydrogens is 870 g/mol. The van der Waals surface area contributed by atoms with Gasteiger partial charge >= 0.3 is 27.6 Å². The normalized spacial score (nSPS) is 19.4. The van der Waals surface area contributed by atoms with Crippen LogP contribution in [-0.4, -0.2) is 98.6 Å². The Morgan fingerprint density at radius 2 is 1.20 bits per heavy atom. The zero-order valence-electron chi connectivity index (χ0n) is 38.6. The van der Waals surface area contributed by atoms with E-state index in [-0.39, 0.29) is 25.0 Å². The van der Waals surface area contributed by atoms with E-state index in [0.717, 1.165) is 57.8 Å². The van der Waals surface area contributed by atoms with E-state index in [1.165, 1.54) is 51.4 Å². The van der Waals surface area contributed by atoms with Gasteiger partial charge in [0.15, 0.2) is 6.10 Å². The molecule has 1 rings (SSSR count). The molecular formula is C46H82O16P2. The van der Waals surface area contributed by atoms with Gasteiger partial charge in [0.2, 0.25) is 0 Å². The first-order chi connectivity index (χ1) is 30.6. The van der Waals surface area contributed by atoms with Crippen LogP contribution in [0.25, 0.3) is 0 Å². The molecule has 0 aliphatic heterocycles. The molecule has 18 heteroatoms. The van der Waals surface area contributed by atoms with E-state index in [1.807, 2.05) is 12.2 Å². The predicted molar refractivity (Wildman–Crippen MR) is 245 cm³/mol. The van der Waals surface area contributed by atoms with Gasteiger partial charge < -0.3 is 39.5 Å². The number of ketones is 1. The number of Topliss-reactive ketones (excluding diaryl/α,β-unsaturated/α-hetero) is 1. The molecule has 0 radical (unpaired) electrons. The third kappa shape index (κ3) is 33.4. The summed E-state index contributed by atoms with van der Waals surface area (Å²) in [5.41, 5.74) is 0. The molecule has 1 aliphatic carbocycles. The van der Waals surface area contributed by atoms with Gasteiger partial charge in [-0.1, -0.05) is 134 Å². The standard InChI is InChI=1S/C46H82O16P2/c1-3-5-7-8-9-10-11-12-13-14-15-16-17-18-19-20-25-29-45(51)58-36-40(37-61-64(56,57)60-35-39(48)34-59-63(53,54)55)62-46(52)30-26-22-21-24-28-41-42(44(50)33-43(41)49)32-31-38(47)27-23-6-4-2/h12-13,21,24,31-32,38-42,44,47-48,50H,3-11,14-20,22-23,25-30,33-37H2,1-2H3,(H,56,57)(H2,53,54,55)/b13-12-,24-21-,32-31+/t38-,39-,40+,41+,42+,44+/m0/s1. The highest BCUT2D eigenvalue weighted by Gasteiger charge is 2.39. The van der Waals surface area contributed by atoms with Crippen LogP contribution in [0.1, 0.15) is 174 Å². The third-order valence-electron chi connectivity index (χ3n) is 10.9. The molecule has 0 aromatic rings. The molecule has 1 unspecified atom stereocenters. The molecule has 1 saturated carbocycles. The average molecular weight is 953 g/mol. The number of ether oxygens (including phenoxy) is 2. The summed E-state index contributed by atoms with van der Waals surface area (Å²) in [4.78, 5) is 65.6. The van der Waals surface area contributed by atoms with Crippen molar-refractivity contribution in [1.82, 2.24) is 0 Å². The molecule has 0 aromatic carbocycles. The lowest BCUT2D eigenvalue weighted by molar-refractivity contribution is -0.161.